The van der Waals surface area contributed by atoms with E-state index in [1.165, 1.54) is 45.4 Å². The second-order valence-corrected chi connectivity index (χ2v) is 7.02. The van der Waals surface area contributed by atoms with Crippen LogP contribution in [-0.2, 0) is 0 Å². The van der Waals surface area contributed by atoms with Gasteiger partial charge in [-0.25, -0.2) is 0 Å². The van der Waals surface area contributed by atoms with Crippen molar-refractivity contribution in [3.05, 3.63) is 0 Å². The highest BCUT2D eigenvalue weighted by Crippen LogP contribution is 2.32. The van der Waals surface area contributed by atoms with E-state index in [9.17, 15) is 0 Å². The Morgan fingerprint density at radius 3 is 2.53 bits per heavy atom. The third kappa shape index (κ3) is 3.50. The van der Waals surface area contributed by atoms with Gasteiger partial charge in [0.15, 0.2) is 0 Å². The maximum atomic E-state index is 6.43. The molecule has 0 amide bonds. The summed E-state index contributed by atoms with van der Waals surface area (Å²) in [5, 5.41) is 0. The Hall–Kier alpha value is -0.120. The van der Waals surface area contributed by atoms with E-state index >= 15 is 0 Å². The summed E-state index contributed by atoms with van der Waals surface area (Å²) >= 11 is 0. The Bertz CT molecular complexity index is 279. The molecule has 2 fully saturated rings. The summed E-state index contributed by atoms with van der Waals surface area (Å²) in [5.74, 6) is 1.69. The molecule has 2 N–H and O–H groups in total. The summed E-state index contributed by atoms with van der Waals surface area (Å²) in [5.41, 5.74) is 6.43. The molecule has 4 atom stereocenters. The molecule has 2 rings (SSSR count). The van der Waals surface area contributed by atoms with E-state index < -0.39 is 0 Å². The van der Waals surface area contributed by atoms with E-state index in [-0.39, 0.29) is 0 Å². The van der Waals surface area contributed by atoms with Gasteiger partial charge in [0, 0.05) is 37.8 Å². The second kappa shape index (κ2) is 6.55. The summed E-state index contributed by atoms with van der Waals surface area (Å²) in [7, 11) is 0. The van der Waals surface area contributed by atoms with Gasteiger partial charge < -0.3 is 5.73 Å². The second-order valence-electron chi connectivity index (χ2n) is 7.02. The van der Waals surface area contributed by atoms with Gasteiger partial charge in [-0.3, -0.25) is 9.80 Å². The molecule has 112 valence electrons. The molecule has 3 heteroatoms. The first kappa shape index (κ1) is 15.3. The summed E-state index contributed by atoms with van der Waals surface area (Å²) in [6, 6.07) is 1.71. The lowest BCUT2D eigenvalue weighted by Gasteiger charge is -2.47. The molecule has 1 heterocycles. The van der Waals surface area contributed by atoms with E-state index in [4.69, 9.17) is 5.73 Å². The highest BCUT2D eigenvalue weighted by molar-refractivity contribution is 4.93. The number of piperazine rings is 1. The number of nitrogens with zero attached hydrogens (tertiary/aromatic N) is 2. The van der Waals surface area contributed by atoms with Crippen molar-refractivity contribution in [3.63, 3.8) is 0 Å². The standard InChI is InChI=1S/C16H33N3/c1-5-18-8-9-19(11-13(18)4)16-10-14(12(2)3)6-7-15(16)17/h12-16H,5-11,17H2,1-4H3. The van der Waals surface area contributed by atoms with Crippen LogP contribution in [0.5, 0.6) is 0 Å². The number of likely N-dealkylation sites (N-methyl/N-ethyl adjacent to an activating group) is 1. The average Bonchev–Trinajstić information content (AvgIpc) is 2.38. The van der Waals surface area contributed by atoms with Crippen LogP contribution in [0.2, 0.25) is 0 Å². The average molecular weight is 267 g/mol. The van der Waals surface area contributed by atoms with Crippen LogP contribution in [0.15, 0.2) is 0 Å². The predicted molar refractivity (Wildman–Crippen MR) is 82.2 cm³/mol. The van der Waals surface area contributed by atoms with E-state index in [0.717, 1.165) is 11.8 Å². The van der Waals surface area contributed by atoms with Gasteiger partial charge in [0.2, 0.25) is 0 Å². The van der Waals surface area contributed by atoms with Crippen LogP contribution < -0.4 is 5.73 Å². The molecule has 1 aliphatic carbocycles. The van der Waals surface area contributed by atoms with Crippen LogP contribution in [0.3, 0.4) is 0 Å². The van der Waals surface area contributed by atoms with E-state index in [1.54, 1.807) is 0 Å². The van der Waals surface area contributed by atoms with Crippen LogP contribution in [0.4, 0.5) is 0 Å². The SMILES string of the molecule is CCN1CCN(C2CC(C(C)C)CCC2N)CC1C. The largest absolute Gasteiger partial charge is 0.326 e. The smallest absolute Gasteiger partial charge is 0.0251 e. The monoisotopic (exact) mass is 267 g/mol. The van der Waals surface area contributed by atoms with Gasteiger partial charge in [-0.15, -0.1) is 0 Å². The molecule has 3 nitrogen and oxygen atoms in total. The van der Waals surface area contributed by atoms with Crippen molar-refractivity contribution in [1.29, 1.82) is 0 Å². The Balaban J connectivity index is 1.96. The van der Waals surface area contributed by atoms with Gasteiger partial charge in [0.1, 0.15) is 0 Å². The quantitative estimate of drug-likeness (QED) is 0.850. The summed E-state index contributed by atoms with van der Waals surface area (Å²) in [6.07, 6.45) is 3.87. The molecule has 1 saturated heterocycles. The zero-order chi connectivity index (χ0) is 14.0. The lowest BCUT2D eigenvalue weighted by Crippen LogP contribution is -2.60. The van der Waals surface area contributed by atoms with Crippen LogP contribution in [0, 0.1) is 11.8 Å². The minimum Gasteiger partial charge on any atom is -0.326 e. The molecule has 4 unspecified atom stereocenters. The zero-order valence-corrected chi connectivity index (χ0v) is 13.3. The maximum Gasteiger partial charge on any atom is 0.0251 e. The van der Waals surface area contributed by atoms with Crippen molar-refractivity contribution in [3.8, 4) is 0 Å². The fourth-order valence-corrected chi connectivity index (χ4v) is 4.02. The third-order valence-corrected chi connectivity index (χ3v) is 5.52. The molecule has 0 spiro atoms. The summed E-state index contributed by atoms with van der Waals surface area (Å²) < 4.78 is 0. The van der Waals surface area contributed by atoms with Crippen LogP contribution in [0.25, 0.3) is 0 Å². The number of nitrogens with two attached hydrogens (primary N) is 1. The van der Waals surface area contributed by atoms with Gasteiger partial charge in [0.25, 0.3) is 0 Å². The van der Waals surface area contributed by atoms with Crippen molar-refractivity contribution in [1.82, 2.24) is 9.80 Å². The van der Waals surface area contributed by atoms with Gasteiger partial charge in [-0.2, -0.15) is 0 Å². The molecule has 0 aromatic rings. The minimum absolute atomic E-state index is 0.398. The molecular weight excluding hydrogens is 234 g/mol. The van der Waals surface area contributed by atoms with Gasteiger partial charge >= 0.3 is 0 Å². The first-order valence-electron chi connectivity index (χ1n) is 8.26. The molecule has 0 aromatic carbocycles. The fraction of sp³-hybridized carbons (Fsp3) is 1.00. The fourth-order valence-electron chi connectivity index (χ4n) is 4.02. The number of hydrogen-bond donors (Lipinski definition) is 1. The highest BCUT2D eigenvalue weighted by atomic mass is 15.3. The van der Waals surface area contributed by atoms with Crippen molar-refractivity contribution >= 4 is 0 Å². The topological polar surface area (TPSA) is 32.5 Å². The molecule has 19 heavy (non-hydrogen) atoms. The molecule has 1 aliphatic heterocycles. The Labute approximate surface area is 119 Å². The molecule has 0 radical (unpaired) electrons. The van der Waals surface area contributed by atoms with E-state index in [2.05, 4.69) is 37.5 Å². The van der Waals surface area contributed by atoms with Crippen molar-refractivity contribution in [2.75, 3.05) is 26.2 Å². The summed E-state index contributed by atoms with van der Waals surface area (Å²) in [4.78, 5) is 5.28. The maximum absolute atomic E-state index is 6.43. The zero-order valence-electron chi connectivity index (χ0n) is 13.3. The molecule has 0 aromatic heterocycles. The lowest BCUT2D eigenvalue weighted by molar-refractivity contribution is 0.0245. The van der Waals surface area contributed by atoms with Crippen molar-refractivity contribution in [2.45, 2.75) is 65.1 Å². The highest BCUT2D eigenvalue weighted by Gasteiger charge is 2.36. The van der Waals surface area contributed by atoms with Crippen LogP contribution in [0.1, 0.15) is 47.0 Å². The van der Waals surface area contributed by atoms with Gasteiger partial charge in [-0.1, -0.05) is 20.8 Å². The number of rotatable bonds is 3. The van der Waals surface area contributed by atoms with Gasteiger partial charge in [-0.05, 0) is 44.6 Å². The third-order valence-electron chi connectivity index (χ3n) is 5.52. The van der Waals surface area contributed by atoms with Crippen LogP contribution in [-0.4, -0.2) is 54.1 Å². The van der Waals surface area contributed by atoms with Crippen molar-refractivity contribution in [2.24, 2.45) is 17.6 Å². The van der Waals surface area contributed by atoms with E-state index in [1.807, 2.05) is 0 Å². The van der Waals surface area contributed by atoms with Crippen LogP contribution >= 0.6 is 0 Å². The first-order chi connectivity index (χ1) is 9.02. The molecular formula is C16H33N3. The Morgan fingerprint density at radius 2 is 1.95 bits per heavy atom. The summed E-state index contributed by atoms with van der Waals surface area (Å²) in [6.45, 7) is 14.2. The Morgan fingerprint density at radius 1 is 1.21 bits per heavy atom. The van der Waals surface area contributed by atoms with E-state index in [0.29, 0.717) is 18.1 Å². The normalized spacial score (nSPS) is 38.8. The van der Waals surface area contributed by atoms with Gasteiger partial charge in [0.05, 0.1) is 0 Å². The number of hydrogen-bond acceptors (Lipinski definition) is 3. The first-order valence-corrected chi connectivity index (χ1v) is 8.26. The van der Waals surface area contributed by atoms with Crippen molar-refractivity contribution < 1.29 is 0 Å². The lowest BCUT2D eigenvalue weighted by atomic mass is 9.76. The molecule has 2 aliphatic rings. The minimum atomic E-state index is 0.398. The predicted octanol–water partition coefficient (Wildman–Crippen LogP) is 2.16. The Kier molecular flexibility index (Phi) is 5.27. The molecule has 1 saturated carbocycles. The molecule has 0 bridgehead atoms.